The Morgan fingerprint density at radius 2 is 1.88 bits per heavy atom. The molecule has 0 bridgehead atoms. The molecule has 2 amide bonds. The lowest BCUT2D eigenvalue weighted by Gasteiger charge is -2.34. The van der Waals surface area contributed by atoms with Crippen LogP contribution in [0, 0.1) is 0 Å². The normalized spacial score (nSPS) is 19.0. The van der Waals surface area contributed by atoms with E-state index in [1.54, 1.807) is 17.3 Å². The smallest absolute Gasteiger partial charge is 0.315 e. The fourth-order valence-corrected chi connectivity index (χ4v) is 4.63. The summed E-state index contributed by atoms with van der Waals surface area (Å²) in [5, 5.41) is 3.43. The molecule has 3 N–H and O–H groups in total. The van der Waals surface area contributed by atoms with E-state index in [-0.39, 0.29) is 12.1 Å². The van der Waals surface area contributed by atoms with Gasteiger partial charge in [0.05, 0.1) is 30.5 Å². The van der Waals surface area contributed by atoms with E-state index >= 15 is 0 Å². The Morgan fingerprint density at radius 3 is 2.67 bits per heavy atom. The Kier molecular flexibility index (Phi) is 6.21. The molecule has 1 unspecified atom stereocenters. The number of carbonyl (C=O) groups is 1. The van der Waals surface area contributed by atoms with E-state index in [4.69, 9.17) is 15.5 Å². The first-order chi connectivity index (χ1) is 16.2. The van der Waals surface area contributed by atoms with Gasteiger partial charge in [-0.2, -0.15) is 0 Å². The first-order valence-corrected chi connectivity index (χ1v) is 11.5. The van der Waals surface area contributed by atoms with E-state index < -0.39 is 0 Å². The van der Waals surface area contributed by atoms with Crippen molar-refractivity contribution in [3.8, 4) is 11.3 Å². The van der Waals surface area contributed by atoms with Crippen LogP contribution in [0.15, 0.2) is 42.7 Å². The highest BCUT2D eigenvalue weighted by Gasteiger charge is 2.25. The largest absolute Gasteiger partial charge is 0.378 e. The Morgan fingerprint density at radius 1 is 1.09 bits per heavy atom. The van der Waals surface area contributed by atoms with Crippen LogP contribution in [0.25, 0.3) is 22.3 Å². The van der Waals surface area contributed by atoms with E-state index in [1.807, 2.05) is 6.07 Å². The summed E-state index contributed by atoms with van der Waals surface area (Å²) in [6.45, 7) is 4.60. The molecular formula is C24H29N7O2. The number of nitrogens with zero attached hydrogens (tertiary/aromatic N) is 5. The second-order valence-electron chi connectivity index (χ2n) is 8.49. The van der Waals surface area contributed by atoms with Crippen molar-refractivity contribution in [3.05, 3.63) is 42.7 Å². The maximum absolute atomic E-state index is 11.8. The van der Waals surface area contributed by atoms with Crippen molar-refractivity contribution in [2.45, 2.75) is 25.3 Å². The summed E-state index contributed by atoms with van der Waals surface area (Å²) >= 11 is 0. The van der Waals surface area contributed by atoms with Crippen molar-refractivity contribution in [1.82, 2.24) is 19.9 Å². The highest BCUT2D eigenvalue weighted by molar-refractivity contribution is 5.88. The van der Waals surface area contributed by atoms with Gasteiger partial charge in [-0.25, -0.2) is 14.8 Å². The number of urea groups is 1. The Balaban J connectivity index is 1.40. The number of likely N-dealkylation sites (tertiary alicyclic amines) is 1. The van der Waals surface area contributed by atoms with Crippen LogP contribution in [0.3, 0.4) is 0 Å². The molecule has 0 radical (unpaired) electrons. The summed E-state index contributed by atoms with van der Waals surface area (Å²) in [5.41, 5.74) is 10.1. The number of carbonyl (C=O) groups excluding carboxylic acids is 1. The van der Waals surface area contributed by atoms with Crippen molar-refractivity contribution in [1.29, 1.82) is 0 Å². The van der Waals surface area contributed by atoms with Gasteiger partial charge in [0, 0.05) is 49.8 Å². The Hall–Kier alpha value is -3.46. The summed E-state index contributed by atoms with van der Waals surface area (Å²) in [7, 11) is 0. The highest BCUT2D eigenvalue weighted by atomic mass is 16.5. The molecule has 2 aliphatic heterocycles. The van der Waals surface area contributed by atoms with Crippen molar-refractivity contribution in [2.75, 3.05) is 49.6 Å². The number of amides is 2. The SMILES string of the molecule is NC(=O)N1CCCCC1CNc1nc(-c2ccc(N3CCOCC3)cc2)cc2nccnc12. The van der Waals surface area contributed by atoms with Gasteiger partial charge < -0.3 is 25.6 Å². The molecule has 0 aliphatic carbocycles. The maximum atomic E-state index is 11.8. The third-order valence-electron chi connectivity index (χ3n) is 6.41. The van der Waals surface area contributed by atoms with Crippen LogP contribution in [-0.4, -0.2) is 71.3 Å². The van der Waals surface area contributed by atoms with Crippen LogP contribution in [0.5, 0.6) is 0 Å². The average Bonchev–Trinajstić information content (AvgIpc) is 2.88. The first-order valence-electron chi connectivity index (χ1n) is 11.5. The fourth-order valence-electron chi connectivity index (χ4n) is 4.63. The molecule has 5 rings (SSSR count). The molecule has 1 atom stereocenters. The zero-order valence-electron chi connectivity index (χ0n) is 18.6. The summed E-state index contributed by atoms with van der Waals surface area (Å²) in [5.74, 6) is 0.669. The van der Waals surface area contributed by atoms with Gasteiger partial charge in [-0.05, 0) is 37.5 Å². The molecule has 2 fully saturated rings. The number of aromatic nitrogens is 3. The van der Waals surface area contributed by atoms with Gasteiger partial charge in [0.25, 0.3) is 0 Å². The van der Waals surface area contributed by atoms with Gasteiger partial charge in [-0.1, -0.05) is 12.1 Å². The zero-order valence-corrected chi connectivity index (χ0v) is 18.6. The Labute approximate surface area is 193 Å². The molecule has 3 aromatic rings. The van der Waals surface area contributed by atoms with Gasteiger partial charge in [-0.3, -0.25) is 4.98 Å². The predicted octanol–water partition coefficient (Wildman–Crippen LogP) is 2.87. The van der Waals surface area contributed by atoms with E-state index in [0.717, 1.165) is 62.3 Å². The number of hydrogen-bond acceptors (Lipinski definition) is 7. The number of anilines is 2. The maximum Gasteiger partial charge on any atom is 0.315 e. The van der Waals surface area contributed by atoms with Crippen molar-refractivity contribution in [2.24, 2.45) is 5.73 Å². The lowest BCUT2D eigenvalue weighted by Crippen LogP contribution is -2.49. The minimum absolute atomic E-state index is 0.0428. The lowest BCUT2D eigenvalue weighted by molar-refractivity contribution is 0.122. The number of nitrogens with one attached hydrogen (secondary N) is 1. The van der Waals surface area contributed by atoms with Crippen LogP contribution in [0.2, 0.25) is 0 Å². The fraction of sp³-hybridized carbons (Fsp3) is 0.417. The highest BCUT2D eigenvalue weighted by Crippen LogP contribution is 2.28. The molecule has 1 aromatic carbocycles. The molecular weight excluding hydrogens is 418 g/mol. The monoisotopic (exact) mass is 447 g/mol. The van der Waals surface area contributed by atoms with Gasteiger partial charge >= 0.3 is 6.03 Å². The average molecular weight is 448 g/mol. The van der Waals surface area contributed by atoms with Crippen LogP contribution in [0.1, 0.15) is 19.3 Å². The van der Waals surface area contributed by atoms with Crippen LogP contribution < -0.4 is 16.0 Å². The molecule has 9 nitrogen and oxygen atoms in total. The van der Waals surface area contributed by atoms with E-state index in [1.165, 1.54) is 5.69 Å². The van der Waals surface area contributed by atoms with Crippen molar-refractivity contribution < 1.29 is 9.53 Å². The molecule has 0 spiro atoms. The first kappa shape index (κ1) is 21.4. The summed E-state index contributed by atoms with van der Waals surface area (Å²) < 4.78 is 5.45. The Bertz CT molecular complexity index is 1120. The standard InChI is InChI=1S/C24H29N7O2/c25-24(32)31-10-2-1-3-19(31)16-28-23-22-21(26-8-9-27-22)15-20(29-23)17-4-6-18(7-5-17)30-11-13-33-14-12-30/h4-9,15,19H,1-3,10-14,16H2,(H2,25,32)(H,28,29). The number of pyridine rings is 1. The van der Waals surface area contributed by atoms with Gasteiger partial charge in [0.15, 0.2) is 5.82 Å². The van der Waals surface area contributed by atoms with Crippen molar-refractivity contribution in [3.63, 3.8) is 0 Å². The summed E-state index contributed by atoms with van der Waals surface area (Å²) in [6, 6.07) is 10.1. The quantitative estimate of drug-likeness (QED) is 0.619. The van der Waals surface area contributed by atoms with Gasteiger partial charge in [0.1, 0.15) is 5.52 Å². The number of rotatable bonds is 5. The van der Waals surface area contributed by atoms with Crippen LogP contribution >= 0.6 is 0 Å². The minimum atomic E-state index is -0.367. The third-order valence-corrected chi connectivity index (χ3v) is 6.41. The molecule has 33 heavy (non-hydrogen) atoms. The molecule has 2 aromatic heterocycles. The number of hydrogen-bond donors (Lipinski definition) is 2. The minimum Gasteiger partial charge on any atom is -0.378 e. The number of benzene rings is 1. The number of primary amides is 1. The second kappa shape index (κ2) is 9.58. The van der Waals surface area contributed by atoms with Gasteiger partial charge in [0.2, 0.25) is 0 Å². The second-order valence-corrected chi connectivity index (χ2v) is 8.49. The van der Waals surface area contributed by atoms with E-state index in [2.05, 4.69) is 44.5 Å². The molecule has 4 heterocycles. The molecule has 172 valence electrons. The number of ether oxygens (including phenoxy) is 1. The predicted molar refractivity (Wildman–Crippen MR) is 128 cm³/mol. The number of fused-ring (bicyclic) bond motifs is 1. The lowest BCUT2D eigenvalue weighted by atomic mass is 10.0. The molecule has 0 saturated carbocycles. The summed E-state index contributed by atoms with van der Waals surface area (Å²) in [4.78, 5) is 29.8. The number of nitrogens with two attached hydrogens (primary N) is 1. The molecule has 2 saturated heterocycles. The molecule has 2 aliphatic rings. The topological polar surface area (TPSA) is 110 Å². The number of piperidine rings is 1. The van der Waals surface area contributed by atoms with Crippen LogP contribution in [0.4, 0.5) is 16.3 Å². The third kappa shape index (κ3) is 4.68. The summed E-state index contributed by atoms with van der Waals surface area (Å²) in [6.07, 6.45) is 6.35. The van der Waals surface area contributed by atoms with Crippen molar-refractivity contribution >= 4 is 28.6 Å². The number of morpholine rings is 1. The van der Waals surface area contributed by atoms with Gasteiger partial charge in [-0.15, -0.1) is 0 Å². The zero-order chi connectivity index (χ0) is 22.6. The van der Waals surface area contributed by atoms with E-state index in [9.17, 15) is 4.79 Å². The van der Waals surface area contributed by atoms with Crippen LogP contribution in [-0.2, 0) is 4.74 Å². The van der Waals surface area contributed by atoms with E-state index in [0.29, 0.717) is 24.4 Å². The molecule has 9 heteroatoms.